The molecule has 0 aliphatic heterocycles. The van der Waals surface area contributed by atoms with Crippen molar-refractivity contribution in [3.8, 4) is 0 Å². The van der Waals surface area contributed by atoms with Crippen LogP contribution in [0.3, 0.4) is 0 Å². The third-order valence-electron chi connectivity index (χ3n) is 3.94. The maximum absolute atomic E-state index is 12.3. The Kier molecular flexibility index (Phi) is 7.11. The van der Waals surface area contributed by atoms with Gasteiger partial charge in [0.2, 0.25) is 0 Å². The number of nitrogens with one attached hydrogen (secondary N) is 2. The number of H-pyrrole nitrogens is 1. The highest BCUT2D eigenvalue weighted by Crippen LogP contribution is 2.34. The maximum Gasteiger partial charge on any atom is 0.355 e. The van der Waals surface area contributed by atoms with Gasteiger partial charge in [0.25, 0.3) is 5.91 Å². The molecule has 2 N–H and O–H groups in total. The first-order valence-corrected chi connectivity index (χ1v) is 9.55. The Hall–Kier alpha value is -2.94. The van der Waals surface area contributed by atoms with E-state index in [0.717, 1.165) is 10.4 Å². The minimum Gasteiger partial charge on any atom is -0.462 e. The number of aryl methyl sites for hydroxylation is 1. The van der Waals surface area contributed by atoms with Crippen molar-refractivity contribution in [1.82, 2.24) is 4.98 Å². The highest BCUT2D eigenvalue weighted by Gasteiger charge is 2.24. The van der Waals surface area contributed by atoms with Crippen molar-refractivity contribution >= 4 is 40.0 Å². The molecular formula is C19H22N2O6S. The summed E-state index contributed by atoms with van der Waals surface area (Å²) in [6.45, 7) is 6.55. The number of aromatic amines is 1. The summed E-state index contributed by atoms with van der Waals surface area (Å²) in [4.78, 5) is 51.3. The fourth-order valence-corrected chi connectivity index (χ4v) is 3.75. The molecule has 1 amide bonds. The van der Waals surface area contributed by atoms with Crippen LogP contribution >= 0.6 is 11.3 Å². The Morgan fingerprint density at radius 1 is 1.14 bits per heavy atom. The van der Waals surface area contributed by atoms with Crippen molar-refractivity contribution < 1.29 is 28.7 Å². The number of hydrogen-bond donors (Lipinski definition) is 2. The maximum atomic E-state index is 12.3. The average Bonchev–Trinajstić information content (AvgIpc) is 3.24. The summed E-state index contributed by atoms with van der Waals surface area (Å²) >= 11 is 1.27. The van der Waals surface area contributed by atoms with E-state index in [1.54, 1.807) is 6.92 Å². The Bertz CT molecular complexity index is 912. The molecule has 0 aromatic carbocycles. The summed E-state index contributed by atoms with van der Waals surface area (Å²) in [5.41, 5.74) is 1.57. The van der Waals surface area contributed by atoms with Gasteiger partial charge in [-0.1, -0.05) is 6.92 Å². The summed E-state index contributed by atoms with van der Waals surface area (Å²) in [6, 6.07) is 1.36. The molecular weight excluding hydrogens is 384 g/mol. The van der Waals surface area contributed by atoms with Gasteiger partial charge in [0.05, 0.1) is 12.2 Å². The Labute approximate surface area is 166 Å². The molecule has 2 heterocycles. The molecule has 2 aromatic rings. The first-order chi connectivity index (χ1) is 13.3. The van der Waals surface area contributed by atoms with E-state index in [-0.39, 0.29) is 18.1 Å². The number of carbonyl (C=O) groups is 4. The lowest BCUT2D eigenvalue weighted by atomic mass is 10.1. The van der Waals surface area contributed by atoms with Crippen LogP contribution in [0.5, 0.6) is 0 Å². The molecule has 0 aliphatic carbocycles. The van der Waals surface area contributed by atoms with E-state index in [2.05, 4.69) is 10.3 Å². The number of carbonyl (C=O) groups excluding carboxylic acids is 4. The summed E-state index contributed by atoms with van der Waals surface area (Å²) in [5, 5.41) is 2.98. The third kappa shape index (κ3) is 4.86. The molecule has 0 fully saturated rings. The SMILES string of the molecule is CCOC(=O)c1c(NC(=O)COC(=O)c2cc(C(C)=O)c[nH]2)sc(C)c1CC. The summed E-state index contributed by atoms with van der Waals surface area (Å²) in [7, 11) is 0. The van der Waals surface area contributed by atoms with Crippen LogP contribution in [0, 0.1) is 6.92 Å². The molecule has 0 aliphatic rings. The number of hydrogen-bond acceptors (Lipinski definition) is 7. The van der Waals surface area contributed by atoms with E-state index in [0.29, 0.717) is 22.5 Å². The molecule has 0 atom stereocenters. The van der Waals surface area contributed by atoms with Crippen LogP contribution in [0.1, 0.15) is 62.4 Å². The predicted octanol–water partition coefficient (Wildman–Crippen LogP) is 3.12. The Balaban J connectivity index is 2.05. The largest absolute Gasteiger partial charge is 0.462 e. The quantitative estimate of drug-likeness (QED) is 0.514. The molecule has 150 valence electrons. The molecule has 0 radical (unpaired) electrons. The molecule has 0 saturated carbocycles. The minimum absolute atomic E-state index is 0.0745. The lowest BCUT2D eigenvalue weighted by molar-refractivity contribution is -0.119. The number of thiophene rings is 1. The van der Waals surface area contributed by atoms with Crippen molar-refractivity contribution in [1.29, 1.82) is 0 Å². The summed E-state index contributed by atoms with van der Waals surface area (Å²) < 4.78 is 10.0. The highest BCUT2D eigenvalue weighted by atomic mass is 32.1. The van der Waals surface area contributed by atoms with Gasteiger partial charge in [-0.15, -0.1) is 11.3 Å². The fraction of sp³-hybridized carbons (Fsp3) is 0.368. The molecule has 2 rings (SSSR count). The van der Waals surface area contributed by atoms with Crippen LogP contribution in [-0.4, -0.2) is 41.8 Å². The zero-order valence-electron chi connectivity index (χ0n) is 16.1. The second kappa shape index (κ2) is 9.32. The van der Waals surface area contributed by atoms with Crippen LogP contribution < -0.4 is 5.32 Å². The number of amides is 1. The van der Waals surface area contributed by atoms with Crippen LogP contribution in [0.2, 0.25) is 0 Å². The van der Waals surface area contributed by atoms with E-state index in [9.17, 15) is 19.2 Å². The van der Waals surface area contributed by atoms with Crippen LogP contribution in [-0.2, 0) is 20.7 Å². The summed E-state index contributed by atoms with van der Waals surface area (Å²) in [5.74, 6) is -2.04. The van der Waals surface area contributed by atoms with E-state index >= 15 is 0 Å². The van der Waals surface area contributed by atoms with Crippen LogP contribution in [0.4, 0.5) is 5.00 Å². The predicted molar refractivity (Wildman–Crippen MR) is 104 cm³/mol. The lowest BCUT2D eigenvalue weighted by Crippen LogP contribution is -2.22. The number of rotatable bonds is 8. The molecule has 28 heavy (non-hydrogen) atoms. The molecule has 0 saturated heterocycles. The molecule has 0 bridgehead atoms. The minimum atomic E-state index is -0.759. The van der Waals surface area contributed by atoms with Crippen LogP contribution in [0.15, 0.2) is 12.3 Å². The molecule has 0 spiro atoms. The zero-order chi connectivity index (χ0) is 20.8. The topological polar surface area (TPSA) is 115 Å². The van der Waals surface area contributed by atoms with E-state index < -0.39 is 24.5 Å². The van der Waals surface area contributed by atoms with Crippen LogP contribution in [0.25, 0.3) is 0 Å². The first kappa shape index (κ1) is 21.4. The number of esters is 2. The van der Waals surface area contributed by atoms with E-state index in [1.165, 1.54) is 30.5 Å². The van der Waals surface area contributed by atoms with Crippen molar-refractivity contribution in [2.24, 2.45) is 0 Å². The number of ketones is 1. The first-order valence-electron chi connectivity index (χ1n) is 8.74. The van der Waals surface area contributed by atoms with Gasteiger partial charge in [0, 0.05) is 16.6 Å². The number of Topliss-reactive ketones (excluding diaryl/α,β-unsaturated/α-hetero) is 1. The molecule has 0 unspecified atom stereocenters. The van der Waals surface area contributed by atoms with E-state index in [1.807, 2.05) is 13.8 Å². The van der Waals surface area contributed by atoms with Crippen molar-refractivity contribution in [2.75, 3.05) is 18.5 Å². The van der Waals surface area contributed by atoms with Crippen molar-refractivity contribution in [3.63, 3.8) is 0 Å². The second-order valence-corrected chi connectivity index (χ2v) is 7.12. The normalized spacial score (nSPS) is 10.4. The number of anilines is 1. The van der Waals surface area contributed by atoms with Gasteiger partial charge in [0.1, 0.15) is 10.7 Å². The van der Waals surface area contributed by atoms with Gasteiger partial charge < -0.3 is 19.8 Å². The lowest BCUT2D eigenvalue weighted by Gasteiger charge is -2.08. The Morgan fingerprint density at radius 3 is 2.43 bits per heavy atom. The van der Waals surface area contributed by atoms with Gasteiger partial charge in [-0.3, -0.25) is 9.59 Å². The molecule has 2 aromatic heterocycles. The van der Waals surface area contributed by atoms with Crippen molar-refractivity contribution in [3.05, 3.63) is 39.5 Å². The molecule has 8 nitrogen and oxygen atoms in total. The molecule has 9 heteroatoms. The van der Waals surface area contributed by atoms with Gasteiger partial charge in [0.15, 0.2) is 12.4 Å². The fourth-order valence-electron chi connectivity index (χ4n) is 2.60. The monoisotopic (exact) mass is 406 g/mol. The smallest absolute Gasteiger partial charge is 0.355 e. The van der Waals surface area contributed by atoms with Crippen molar-refractivity contribution in [2.45, 2.75) is 34.1 Å². The van der Waals surface area contributed by atoms with Gasteiger partial charge in [-0.05, 0) is 38.8 Å². The Morgan fingerprint density at radius 2 is 1.86 bits per heavy atom. The van der Waals surface area contributed by atoms with Gasteiger partial charge in [-0.25, -0.2) is 9.59 Å². The number of ether oxygens (including phenoxy) is 2. The number of aromatic nitrogens is 1. The zero-order valence-corrected chi connectivity index (χ0v) is 17.0. The van der Waals surface area contributed by atoms with Gasteiger partial charge >= 0.3 is 11.9 Å². The van der Waals surface area contributed by atoms with Gasteiger partial charge in [-0.2, -0.15) is 0 Å². The standard InChI is InChI=1S/C19H22N2O6S/c1-5-13-11(4)28-17(16(13)19(25)26-6-2)21-15(23)9-27-18(24)14-7-12(8-20-14)10(3)22/h7-8,20H,5-6,9H2,1-4H3,(H,21,23). The third-order valence-corrected chi connectivity index (χ3v) is 5.00. The second-order valence-electron chi connectivity index (χ2n) is 5.90. The van der Waals surface area contributed by atoms with E-state index in [4.69, 9.17) is 9.47 Å². The average molecular weight is 406 g/mol. The highest BCUT2D eigenvalue weighted by molar-refractivity contribution is 7.16. The summed E-state index contributed by atoms with van der Waals surface area (Å²) in [6.07, 6.45) is 2.01.